The van der Waals surface area contributed by atoms with Gasteiger partial charge in [0.05, 0.1) is 0 Å². The van der Waals surface area contributed by atoms with Crippen LogP contribution in [-0.4, -0.2) is 29.1 Å². The minimum Gasteiger partial charge on any atom is -0.367 e. The molecule has 1 aliphatic rings. The molecule has 0 saturated carbocycles. The lowest BCUT2D eigenvalue weighted by molar-refractivity contribution is 0.478. The van der Waals surface area contributed by atoms with Crippen molar-refractivity contribution in [2.24, 2.45) is 0 Å². The van der Waals surface area contributed by atoms with E-state index in [9.17, 15) is 4.39 Å². The van der Waals surface area contributed by atoms with Gasteiger partial charge in [0.2, 0.25) is 0 Å². The van der Waals surface area contributed by atoms with Gasteiger partial charge in [-0.15, -0.1) is 0 Å². The molecule has 1 aliphatic heterocycles. The second kappa shape index (κ2) is 6.40. The monoisotopic (exact) mass is 300 g/mol. The summed E-state index contributed by atoms with van der Waals surface area (Å²) in [5.74, 6) is 1.28. The fraction of sp³-hybridized carbons (Fsp3) is 0.412. The molecule has 0 aliphatic carbocycles. The molecular formula is C17H21FN4. The summed E-state index contributed by atoms with van der Waals surface area (Å²) in [6, 6.07) is 6.75. The Bertz CT molecular complexity index is 648. The molecule has 0 radical (unpaired) electrons. The number of nitrogens with zero attached hydrogens (tertiary/aromatic N) is 2. The van der Waals surface area contributed by atoms with E-state index in [4.69, 9.17) is 0 Å². The number of hydrogen-bond acceptors (Lipinski definition) is 4. The Balaban J connectivity index is 1.90. The molecule has 1 aromatic heterocycles. The maximum Gasteiger partial charge on any atom is 0.161 e. The highest BCUT2D eigenvalue weighted by atomic mass is 19.1. The van der Waals surface area contributed by atoms with Crippen LogP contribution in [0.2, 0.25) is 0 Å². The summed E-state index contributed by atoms with van der Waals surface area (Å²) >= 11 is 0. The average Bonchev–Trinajstić information content (AvgIpc) is 2.53. The van der Waals surface area contributed by atoms with E-state index in [2.05, 4.69) is 20.6 Å². The smallest absolute Gasteiger partial charge is 0.161 e. The number of anilines is 1. The predicted molar refractivity (Wildman–Crippen MR) is 86.4 cm³/mol. The molecule has 116 valence electrons. The molecular weight excluding hydrogens is 279 g/mol. The molecule has 2 aromatic rings. The van der Waals surface area contributed by atoms with Gasteiger partial charge in [0.25, 0.3) is 0 Å². The molecule has 1 saturated heterocycles. The maximum absolute atomic E-state index is 13.1. The van der Waals surface area contributed by atoms with Crippen LogP contribution >= 0.6 is 0 Å². The maximum atomic E-state index is 13.1. The van der Waals surface area contributed by atoms with Crippen molar-refractivity contribution in [1.29, 1.82) is 0 Å². The number of halogens is 1. The van der Waals surface area contributed by atoms with Gasteiger partial charge in [-0.3, -0.25) is 0 Å². The first-order valence-electron chi connectivity index (χ1n) is 7.72. The van der Waals surface area contributed by atoms with E-state index in [1.165, 1.54) is 12.1 Å². The minimum absolute atomic E-state index is 0.249. The molecule has 3 rings (SSSR count). The number of aromatic nitrogens is 2. The first kappa shape index (κ1) is 14.9. The largest absolute Gasteiger partial charge is 0.367 e. The zero-order chi connectivity index (χ0) is 15.5. The van der Waals surface area contributed by atoms with Gasteiger partial charge in [0.1, 0.15) is 11.6 Å². The van der Waals surface area contributed by atoms with Crippen molar-refractivity contribution in [3.8, 4) is 11.4 Å². The van der Waals surface area contributed by atoms with Crippen molar-refractivity contribution < 1.29 is 4.39 Å². The predicted octanol–water partition coefficient (Wildman–Crippen LogP) is 3.06. The summed E-state index contributed by atoms with van der Waals surface area (Å²) < 4.78 is 13.1. The third-order valence-electron chi connectivity index (χ3n) is 4.17. The van der Waals surface area contributed by atoms with Crippen LogP contribution in [0, 0.1) is 19.7 Å². The molecule has 0 spiro atoms. The fourth-order valence-electron chi connectivity index (χ4n) is 2.66. The van der Waals surface area contributed by atoms with Crippen LogP contribution < -0.4 is 10.6 Å². The Morgan fingerprint density at radius 3 is 2.45 bits per heavy atom. The van der Waals surface area contributed by atoms with E-state index in [-0.39, 0.29) is 5.82 Å². The Labute approximate surface area is 130 Å². The second-order valence-electron chi connectivity index (χ2n) is 5.78. The molecule has 5 heteroatoms. The summed E-state index contributed by atoms with van der Waals surface area (Å²) in [4.78, 5) is 9.20. The molecule has 2 heterocycles. The summed E-state index contributed by atoms with van der Waals surface area (Å²) in [5, 5.41) is 6.91. The Kier molecular flexibility index (Phi) is 4.34. The Morgan fingerprint density at radius 2 is 1.77 bits per heavy atom. The number of hydrogen-bond donors (Lipinski definition) is 2. The van der Waals surface area contributed by atoms with E-state index < -0.39 is 0 Å². The molecule has 1 aromatic carbocycles. The first-order chi connectivity index (χ1) is 10.6. The van der Waals surface area contributed by atoms with Gasteiger partial charge in [0.15, 0.2) is 5.82 Å². The third-order valence-corrected chi connectivity index (χ3v) is 4.17. The highest BCUT2D eigenvalue weighted by Gasteiger charge is 2.16. The lowest BCUT2D eigenvalue weighted by atomic mass is 10.1. The van der Waals surface area contributed by atoms with Crippen molar-refractivity contribution in [1.82, 2.24) is 15.3 Å². The summed E-state index contributed by atoms with van der Waals surface area (Å²) in [5.41, 5.74) is 2.85. The number of rotatable bonds is 3. The van der Waals surface area contributed by atoms with Crippen molar-refractivity contribution in [3.05, 3.63) is 41.3 Å². The van der Waals surface area contributed by atoms with Gasteiger partial charge < -0.3 is 10.6 Å². The van der Waals surface area contributed by atoms with Crippen molar-refractivity contribution >= 4 is 5.82 Å². The fourth-order valence-corrected chi connectivity index (χ4v) is 2.66. The standard InChI is InChI=1S/C17H21FN4/c1-11-12(2)20-17(13-3-5-14(18)6-4-13)22-16(11)21-15-7-9-19-10-8-15/h3-6,15,19H,7-10H2,1-2H3,(H,20,21,22). The lowest BCUT2D eigenvalue weighted by Crippen LogP contribution is -2.35. The normalized spacial score (nSPS) is 15.8. The molecule has 1 fully saturated rings. The molecule has 4 nitrogen and oxygen atoms in total. The van der Waals surface area contributed by atoms with Crippen LogP contribution in [0.3, 0.4) is 0 Å². The van der Waals surface area contributed by atoms with Crippen LogP contribution in [0.5, 0.6) is 0 Å². The van der Waals surface area contributed by atoms with Gasteiger partial charge in [0, 0.05) is 22.9 Å². The number of aryl methyl sites for hydroxylation is 1. The number of nitrogens with one attached hydrogen (secondary N) is 2. The number of benzene rings is 1. The minimum atomic E-state index is -0.249. The Hall–Kier alpha value is -2.01. The average molecular weight is 300 g/mol. The quantitative estimate of drug-likeness (QED) is 0.914. The van der Waals surface area contributed by atoms with Crippen LogP contribution in [0.15, 0.2) is 24.3 Å². The van der Waals surface area contributed by atoms with Gasteiger partial charge in [-0.1, -0.05) is 0 Å². The summed E-state index contributed by atoms with van der Waals surface area (Å²) in [6.45, 7) is 6.09. The van der Waals surface area contributed by atoms with Gasteiger partial charge >= 0.3 is 0 Å². The highest BCUT2D eigenvalue weighted by Crippen LogP contribution is 2.23. The van der Waals surface area contributed by atoms with Crippen molar-refractivity contribution in [2.45, 2.75) is 32.7 Å². The summed E-state index contributed by atoms with van der Waals surface area (Å²) in [7, 11) is 0. The Morgan fingerprint density at radius 1 is 1.09 bits per heavy atom. The molecule has 0 atom stereocenters. The highest BCUT2D eigenvalue weighted by molar-refractivity contribution is 5.59. The van der Waals surface area contributed by atoms with Crippen LogP contribution in [0.25, 0.3) is 11.4 Å². The lowest BCUT2D eigenvalue weighted by Gasteiger charge is -2.25. The molecule has 0 bridgehead atoms. The number of piperidine rings is 1. The van der Waals surface area contributed by atoms with Crippen molar-refractivity contribution in [3.63, 3.8) is 0 Å². The van der Waals surface area contributed by atoms with Crippen LogP contribution in [0.4, 0.5) is 10.2 Å². The zero-order valence-corrected chi connectivity index (χ0v) is 13.0. The van der Waals surface area contributed by atoms with Crippen LogP contribution in [0.1, 0.15) is 24.1 Å². The molecule has 22 heavy (non-hydrogen) atoms. The third kappa shape index (κ3) is 3.25. The van der Waals surface area contributed by atoms with E-state index in [1.807, 2.05) is 13.8 Å². The van der Waals surface area contributed by atoms with Gasteiger partial charge in [-0.05, 0) is 64.0 Å². The molecule has 2 N–H and O–H groups in total. The molecule has 0 amide bonds. The zero-order valence-electron chi connectivity index (χ0n) is 13.0. The van der Waals surface area contributed by atoms with E-state index in [0.717, 1.165) is 48.6 Å². The van der Waals surface area contributed by atoms with Crippen LogP contribution in [-0.2, 0) is 0 Å². The topological polar surface area (TPSA) is 49.8 Å². The first-order valence-corrected chi connectivity index (χ1v) is 7.72. The van der Waals surface area contributed by atoms with E-state index in [1.54, 1.807) is 12.1 Å². The van der Waals surface area contributed by atoms with Crippen molar-refractivity contribution in [2.75, 3.05) is 18.4 Å². The summed E-state index contributed by atoms with van der Waals surface area (Å²) in [6.07, 6.45) is 2.18. The second-order valence-corrected chi connectivity index (χ2v) is 5.78. The SMILES string of the molecule is Cc1nc(-c2ccc(F)cc2)nc(NC2CCNCC2)c1C. The van der Waals surface area contributed by atoms with Gasteiger partial charge in [-0.2, -0.15) is 0 Å². The van der Waals surface area contributed by atoms with E-state index >= 15 is 0 Å². The van der Waals surface area contributed by atoms with E-state index in [0.29, 0.717) is 11.9 Å². The molecule has 0 unspecified atom stereocenters. The van der Waals surface area contributed by atoms with Gasteiger partial charge in [-0.25, -0.2) is 14.4 Å².